The Kier molecular flexibility index (Phi) is 3.26. The maximum absolute atomic E-state index is 11.8. The molecule has 2 nitrogen and oxygen atoms in total. The van der Waals surface area contributed by atoms with Gasteiger partial charge in [0.25, 0.3) is 0 Å². The fourth-order valence-corrected chi connectivity index (χ4v) is 3.78. The molecule has 0 bridgehead atoms. The van der Waals surface area contributed by atoms with Crippen molar-refractivity contribution < 1.29 is 4.79 Å². The number of thiazole rings is 1. The molecule has 3 rings (SSSR count). The van der Waals surface area contributed by atoms with Crippen LogP contribution in [0.4, 0.5) is 0 Å². The van der Waals surface area contributed by atoms with Gasteiger partial charge in [-0.2, -0.15) is 0 Å². The second kappa shape index (κ2) is 4.76. The van der Waals surface area contributed by atoms with E-state index in [-0.39, 0.29) is 5.78 Å². The van der Waals surface area contributed by atoms with Crippen molar-refractivity contribution in [2.45, 2.75) is 19.3 Å². The summed E-state index contributed by atoms with van der Waals surface area (Å²) >= 11 is 11.1. The van der Waals surface area contributed by atoms with Crippen molar-refractivity contribution in [3.05, 3.63) is 38.3 Å². The molecule has 0 aliphatic heterocycles. The van der Waals surface area contributed by atoms with Crippen molar-refractivity contribution in [1.82, 2.24) is 4.98 Å². The van der Waals surface area contributed by atoms with Crippen molar-refractivity contribution in [1.29, 1.82) is 0 Å². The van der Waals surface area contributed by atoms with Crippen molar-refractivity contribution in [3.8, 4) is 10.6 Å². The monoisotopic (exact) mass is 341 g/mol. The number of rotatable bonds is 1. The lowest BCUT2D eigenvalue weighted by Gasteiger charge is -2.06. The highest BCUT2D eigenvalue weighted by Crippen LogP contribution is 2.37. The summed E-state index contributed by atoms with van der Waals surface area (Å²) in [5.41, 5.74) is 1.82. The molecular weight excluding hydrogens is 334 g/mol. The van der Waals surface area contributed by atoms with Crippen LogP contribution in [0.5, 0.6) is 0 Å². The number of aromatic nitrogens is 1. The zero-order chi connectivity index (χ0) is 12.7. The van der Waals surface area contributed by atoms with E-state index in [2.05, 4.69) is 20.9 Å². The molecule has 0 fully saturated rings. The summed E-state index contributed by atoms with van der Waals surface area (Å²) in [7, 11) is 0. The number of carbonyl (C=O) groups excluding carboxylic acids is 1. The van der Waals surface area contributed by atoms with Crippen LogP contribution in [-0.4, -0.2) is 10.8 Å². The minimum absolute atomic E-state index is 0.214. The van der Waals surface area contributed by atoms with E-state index in [4.69, 9.17) is 11.6 Å². The van der Waals surface area contributed by atoms with E-state index >= 15 is 0 Å². The maximum atomic E-state index is 11.8. The lowest BCUT2D eigenvalue weighted by atomic mass is 10.0. The Morgan fingerprint density at radius 2 is 2.17 bits per heavy atom. The van der Waals surface area contributed by atoms with E-state index in [1.165, 1.54) is 11.3 Å². The Balaban J connectivity index is 2.13. The fraction of sp³-hybridized carbons (Fsp3) is 0.231. The SMILES string of the molecule is O=C1CCCc2nc(-c3cc(Br)ccc3Cl)sc21. The van der Waals surface area contributed by atoms with Gasteiger partial charge in [-0.3, -0.25) is 4.79 Å². The molecule has 1 heterocycles. The summed E-state index contributed by atoms with van der Waals surface area (Å²) in [6.45, 7) is 0. The molecule has 0 saturated heterocycles. The molecule has 1 aliphatic rings. The molecule has 0 saturated carbocycles. The van der Waals surface area contributed by atoms with Crippen LogP contribution < -0.4 is 0 Å². The molecule has 1 aliphatic carbocycles. The molecule has 0 radical (unpaired) electrons. The summed E-state index contributed by atoms with van der Waals surface area (Å²) in [6.07, 6.45) is 2.44. The first-order valence-electron chi connectivity index (χ1n) is 5.63. The minimum atomic E-state index is 0.214. The van der Waals surface area contributed by atoms with Gasteiger partial charge in [0.1, 0.15) is 5.01 Å². The Bertz CT molecular complexity index is 638. The van der Waals surface area contributed by atoms with E-state index in [1.807, 2.05) is 18.2 Å². The predicted octanol–water partition coefficient (Wildman–Crippen LogP) is 4.75. The first-order chi connectivity index (χ1) is 8.65. The number of hydrogen-bond donors (Lipinski definition) is 0. The predicted molar refractivity (Wildman–Crippen MR) is 77.5 cm³/mol. The normalized spacial score (nSPS) is 14.7. The summed E-state index contributed by atoms with van der Waals surface area (Å²) in [5, 5.41) is 1.50. The average Bonchev–Trinajstić information content (AvgIpc) is 2.77. The number of benzene rings is 1. The lowest BCUT2D eigenvalue weighted by molar-refractivity contribution is 0.0976. The number of halogens is 2. The third-order valence-corrected chi connectivity index (χ3v) is 4.92. The highest BCUT2D eigenvalue weighted by molar-refractivity contribution is 9.10. The van der Waals surface area contributed by atoms with Crippen LogP contribution in [0.25, 0.3) is 10.6 Å². The second-order valence-electron chi connectivity index (χ2n) is 4.20. The molecular formula is C13H9BrClNOS. The molecule has 5 heteroatoms. The van der Waals surface area contributed by atoms with Gasteiger partial charge in [-0.1, -0.05) is 27.5 Å². The molecule has 0 unspecified atom stereocenters. The van der Waals surface area contributed by atoms with Crippen LogP contribution in [0.2, 0.25) is 5.02 Å². The zero-order valence-electron chi connectivity index (χ0n) is 9.37. The van der Waals surface area contributed by atoms with Gasteiger partial charge in [0.15, 0.2) is 5.78 Å². The van der Waals surface area contributed by atoms with Crippen LogP contribution >= 0.6 is 38.9 Å². The van der Waals surface area contributed by atoms with Gasteiger partial charge in [-0.15, -0.1) is 11.3 Å². The second-order valence-corrected chi connectivity index (χ2v) is 6.52. The topological polar surface area (TPSA) is 30.0 Å². The standard InChI is InChI=1S/C13H9BrClNOS/c14-7-4-5-9(15)8(6-7)13-16-10-2-1-3-11(17)12(10)18-13/h4-6H,1-3H2. The van der Waals surface area contributed by atoms with Crippen molar-refractivity contribution in [2.24, 2.45) is 0 Å². The summed E-state index contributed by atoms with van der Waals surface area (Å²) in [6, 6.07) is 5.67. The number of aryl methyl sites for hydroxylation is 1. The Morgan fingerprint density at radius 1 is 1.33 bits per heavy atom. The van der Waals surface area contributed by atoms with Gasteiger partial charge in [-0.25, -0.2) is 4.98 Å². The molecule has 18 heavy (non-hydrogen) atoms. The van der Waals surface area contributed by atoms with Gasteiger partial charge in [-0.05, 0) is 31.0 Å². The van der Waals surface area contributed by atoms with E-state index < -0.39 is 0 Å². The van der Waals surface area contributed by atoms with Crippen LogP contribution in [0.1, 0.15) is 28.2 Å². The third-order valence-electron chi connectivity index (χ3n) is 2.93. The van der Waals surface area contributed by atoms with E-state index in [0.29, 0.717) is 11.4 Å². The van der Waals surface area contributed by atoms with Crippen molar-refractivity contribution in [2.75, 3.05) is 0 Å². The largest absolute Gasteiger partial charge is 0.293 e. The summed E-state index contributed by atoms with van der Waals surface area (Å²) in [4.78, 5) is 17.2. The number of ketones is 1. The summed E-state index contributed by atoms with van der Waals surface area (Å²) in [5.74, 6) is 0.214. The van der Waals surface area contributed by atoms with E-state index in [9.17, 15) is 4.79 Å². The van der Waals surface area contributed by atoms with Gasteiger partial charge >= 0.3 is 0 Å². The zero-order valence-corrected chi connectivity index (χ0v) is 12.5. The molecule has 0 atom stereocenters. The lowest BCUT2D eigenvalue weighted by Crippen LogP contribution is -2.07. The number of hydrogen-bond acceptors (Lipinski definition) is 3. The number of nitrogens with zero attached hydrogens (tertiary/aromatic N) is 1. The van der Waals surface area contributed by atoms with Crippen LogP contribution in [0, 0.1) is 0 Å². The van der Waals surface area contributed by atoms with E-state index in [0.717, 1.165) is 38.5 Å². The van der Waals surface area contributed by atoms with Crippen molar-refractivity contribution in [3.63, 3.8) is 0 Å². The molecule has 92 valence electrons. The number of carbonyl (C=O) groups is 1. The smallest absolute Gasteiger partial charge is 0.174 e. The molecule has 1 aromatic carbocycles. The van der Waals surface area contributed by atoms with Crippen LogP contribution in [0.15, 0.2) is 22.7 Å². The Labute approximate surface area is 122 Å². The van der Waals surface area contributed by atoms with Gasteiger partial charge < -0.3 is 0 Å². The molecule has 0 spiro atoms. The van der Waals surface area contributed by atoms with Crippen molar-refractivity contribution >= 4 is 44.7 Å². The van der Waals surface area contributed by atoms with Gasteiger partial charge in [0.05, 0.1) is 15.6 Å². The van der Waals surface area contributed by atoms with E-state index in [1.54, 1.807) is 0 Å². The molecule has 0 amide bonds. The highest BCUT2D eigenvalue weighted by atomic mass is 79.9. The van der Waals surface area contributed by atoms with Gasteiger partial charge in [0.2, 0.25) is 0 Å². The Hall–Kier alpha value is -0.710. The van der Waals surface area contributed by atoms with Crippen LogP contribution in [-0.2, 0) is 6.42 Å². The number of Topliss-reactive ketones (excluding diaryl/α,β-unsaturated/α-hetero) is 1. The Morgan fingerprint density at radius 3 is 2.94 bits per heavy atom. The molecule has 1 aromatic heterocycles. The van der Waals surface area contributed by atoms with Gasteiger partial charge in [0, 0.05) is 16.5 Å². The highest BCUT2D eigenvalue weighted by Gasteiger charge is 2.23. The summed E-state index contributed by atoms with van der Waals surface area (Å²) < 4.78 is 0.960. The average molecular weight is 343 g/mol. The third kappa shape index (κ3) is 2.13. The number of fused-ring (bicyclic) bond motifs is 1. The molecule has 0 N–H and O–H groups in total. The first kappa shape index (κ1) is 12.3. The molecule has 2 aromatic rings. The fourth-order valence-electron chi connectivity index (χ4n) is 2.05. The quantitative estimate of drug-likeness (QED) is 0.749. The van der Waals surface area contributed by atoms with Crippen LogP contribution in [0.3, 0.4) is 0 Å². The minimum Gasteiger partial charge on any atom is -0.293 e. The first-order valence-corrected chi connectivity index (χ1v) is 7.62. The maximum Gasteiger partial charge on any atom is 0.174 e.